The fourth-order valence-corrected chi connectivity index (χ4v) is 9.49. The van der Waals surface area contributed by atoms with Gasteiger partial charge in [-0.3, -0.25) is 4.79 Å². The first kappa shape index (κ1) is 20.0. The topological polar surface area (TPSA) is 35.5 Å². The quantitative estimate of drug-likeness (QED) is 0.463. The second kappa shape index (κ2) is 6.44. The molecule has 0 amide bonds. The van der Waals surface area contributed by atoms with Crippen LogP contribution in [0.4, 0.5) is 0 Å². The molecule has 6 aliphatic rings. The highest BCUT2D eigenvalue weighted by atomic mass is 16.7. The van der Waals surface area contributed by atoms with Crippen LogP contribution in [-0.4, -0.2) is 24.3 Å². The molecule has 3 heteroatoms. The van der Waals surface area contributed by atoms with Crippen LogP contribution < -0.4 is 0 Å². The van der Waals surface area contributed by atoms with Gasteiger partial charge in [-0.1, -0.05) is 39.3 Å². The maximum atomic E-state index is 12.1. The predicted octanol–water partition coefficient (Wildman–Crippen LogP) is 5.92. The van der Waals surface area contributed by atoms with Crippen molar-refractivity contribution in [2.24, 2.45) is 46.3 Å². The Morgan fingerprint density at radius 2 is 1.90 bits per heavy atom. The number of hydrogen-bond acceptors (Lipinski definition) is 3. The number of hydrogen-bond donors (Lipinski definition) is 0. The molecule has 4 aliphatic carbocycles. The monoisotopic (exact) mass is 412 g/mol. The van der Waals surface area contributed by atoms with Crippen molar-refractivity contribution < 1.29 is 14.3 Å². The van der Waals surface area contributed by atoms with E-state index in [9.17, 15) is 4.79 Å². The lowest BCUT2D eigenvalue weighted by molar-refractivity contribution is -0.272. The number of ketones is 1. The van der Waals surface area contributed by atoms with Crippen LogP contribution in [0.15, 0.2) is 11.6 Å². The molecular formula is C27H40O3. The Morgan fingerprint density at radius 1 is 1.07 bits per heavy atom. The Hall–Kier alpha value is -0.670. The van der Waals surface area contributed by atoms with Crippen LogP contribution in [0.3, 0.4) is 0 Å². The minimum absolute atomic E-state index is 0.270. The molecule has 0 aromatic heterocycles. The van der Waals surface area contributed by atoms with Gasteiger partial charge in [0.25, 0.3) is 0 Å². The van der Waals surface area contributed by atoms with E-state index in [1.54, 1.807) is 0 Å². The number of carbonyl (C=O) groups excluding carboxylic acids is 1. The summed E-state index contributed by atoms with van der Waals surface area (Å²) >= 11 is 0. The first-order chi connectivity index (χ1) is 14.3. The van der Waals surface area contributed by atoms with Gasteiger partial charge in [-0.05, 0) is 78.9 Å². The summed E-state index contributed by atoms with van der Waals surface area (Å²) in [4.78, 5) is 12.1. The van der Waals surface area contributed by atoms with E-state index in [0.29, 0.717) is 35.1 Å². The molecule has 3 saturated carbocycles. The van der Waals surface area contributed by atoms with E-state index in [0.717, 1.165) is 50.0 Å². The molecule has 166 valence electrons. The lowest BCUT2D eigenvalue weighted by Crippen LogP contribution is -2.52. The van der Waals surface area contributed by atoms with E-state index in [1.807, 2.05) is 0 Å². The zero-order valence-corrected chi connectivity index (χ0v) is 19.4. The average Bonchev–Trinajstić information content (AvgIpc) is 3.16. The molecule has 0 unspecified atom stereocenters. The summed E-state index contributed by atoms with van der Waals surface area (Å²) in [6, 6.07) is 0. The van der Waals surface area contributed by atoms with Gasteiger partial charge in [-0.15, -0.1) is 0 Å². The van der Waals surface area contributed by atoms with Crippen molar-refractivity contribution in [1.29, 1.82) is 0 Å². The lowest BCUT2D eigenvalue weighted by atomic mass is 9.47. The first-order valence-corrected chi connectivity index (χ1v) is 12.8. The summed E-state index contributed by atoms with van der Waals surface area (Å²) in [6.45, 7) is 10.7. The zero-order chi connectivity index (χ0) is 20.9. The second-order valence-electron chi connectivity index (χ2n) is 12.5. The SMILES string of the molecule is C[C@@H]1CC[C@@]2(OC1)O[C@@H]1C[C@H]3[C@@H]4CC=C5CC(=O)CC[C@]5(C)[C@@H]4CC[C@]3(C)[C@H]1[C@@H]2C. The first-order valence-electron chi connectivity index (χ1n) is 12.8. The smallest absolute Gasteiger partial charge is 0.171 e. The van der Waals surface area contributed by atoms with Crippen LogP contribution in [0.2, 0.25) is 0 Å². The Morgan fingerprint density at radius 3 is 2.67 bits per heavy atom. The molecule has 6 rings (SSSR count). The van der Waals surface area contributed by atoms with Crippen molar-refractivity contribution in [3.63, 3.8) is 0 Å². The van der Waals surface area contributed by atoms with Gasteiger partial charge < -0.3 is 9.47 Å². The van der Waals surface area contributed by atoms with E-state index in [2.05, 4.69) is 33.8 Å². The third-order valence-electron chi connectivity index (χ3n) is 11.2. The molecule has 2 heterocycles. The van der Waals surface area contributed by atoms with E-state index < -0.39 is 0 Å². The number of allylic oxidation sites excluding steroid dienone is 2. The highest BCUT2D eigenvalue weighted by Gasteiger charge is 2.68. The predicted molar refractivity (Wildman–Crippen MR) is 117 cm³/mol. The molecule has 0 radical (unpaired) electrons. The van der Waals surface area contributed by atoms with E-state index in [-0.39, 0.29) is 11.2 Å². The van der Waals surface area contributed by atoms with Crippen molar-refractivity contribution in [3.05, 3.63) is 11.6 Å². The second-order valence-corrected chi connectivity index (χ2v) is 12.5. The van der Waals surface area contributed by atoms with Gasteiger partial charge in [-0.2, -0.15) is 0 Å². The van der Waals surface area contributed by atoms with Crippen molar-refractivity contribution >= 4 is 5.78 Å². The van der Waals surface area contributed by atoms with E-state index in [1.165, 1.54) is 37.7 Å². The number of Topliss-reactive ketones (excluding diaryl/α,β-unsaturated/α-hetero) is 1. The number of ether oxygens (including phenoxy) is 2. The van der Waals surface area contributed by atoms with Crippen LogP contribution in [-0.2, 0) is 14.3 Å². The number of carbonyl (C=O) groups is 1. The molecule has 10 atom stereocenters. The Bertz CT molecular complexity index is 777. The summed E-state index contributed by atoms with van der Waals surface area (Å²) in [6.07, 6.45) is 12.9. The van der Waals surface area contributed by atoms with Gasteiger partial charge >= 0.3 is 0 Å². The van der Waals surface area contributed by atoms with Gasteiger partial charge in [0.05, 0.1) is 12.7 Å². The van der Waals surface area contributed by atoms with E-state index in [4.69, 9.17) is 9.47 Å². The highest BCUT2D eigenvalue weighted by Crippen LogP contribution is 2.70. The highest BCUT2D eigenvalue weighted by molar-refractivity contribution is 5.82. The van der Waals surface area contributed by atoms with Gasteiger partial charge in [0.2, 0.25) is 0 Å². The summed E-state index contributed by atoms with van der Waals surface area (Å²) in [5.41, 5.74) is 2.13. The van der Waals surface area contributed by atoms with Gasteiger partial charge in [0.15, 0.2) is 5.79 Å². The maximum Gasteiger partial charge on any atom is 0.171 e. The maximum absolute atomic E-state index is 12.1. The normalized spacial score (nSPS) is 57.4. The van der Waals surface area contributed by atoms with Crippen LogP contribution in [0.25, 0.3) is 0 Å². The molecule has 1 spiro atoms. The van der Waals surface area contributed by atoms with Crippen LogP contribution in [0.1, 0.15) is 85.5 Å². The Kier molecular flexibility index (Phi) is 4.29. The standard InChI is InChI=1S/C27H40O3/c1-16-7-12-27(29-15-16)17(2)24-23(30-27)14-22-20-6-5-18-13-19(28)8-10-25(18,3)21(20)9-11-26(22,24)4/h5,16-17,20-24H,6-15H2,1-4H3/t16-,17+,20-,21-,22+,23-,24+,25+,26+,27-/m1/s1. The van der Waals surface area contributed by atoms with Crippen molar-refractivity contribution in [3.8, 4) is 0 Å². The molecule has 2 aliphatic heterocycles. The van der Waals surface area contributed by atoms with Gasteiger partial charge in [0.1, 0.15) is 5.78 Å². The fourth-order valence-electron chi connectivity index (χ4n) is 9.49. The van der Waals surface area contributed by atoms with Crippen molar-refractivity contribution in [2.45, 2.75) is 97.4 Å². The minimum atomic E-state index is -0.304. The number of rotatable bonds is 0. The molecule has 0 N–H and O–H groups in total. The van der Waals surface area contributed by atoms with Gasteiger partial charge in [-0.25, -0.2) is 0 Å². The number of fused-ring (bicyclic) bond motifs is 7. The molecule has 30 heavy (non-hydrogen) atoms. The summed E-state index contributed by atoms with van der Waals surface area (Å²) in [5, 5.41) is 0. The van der Waals surface area contributed by atoms with Crippen molar-refractivity contribution in [2.75, 3.05) is 6.61 Å². The van der Waals surface area contributed by atoms with Crippen molar-refractivity contribution in [1.82, 2.24) is 0 Å². The zero-order valence-electron chi connectivity index (χ0n) is 19.4. The lowest BCUT2D eigenvalue weighted by Gasteiger charge is -2.58. The summed E-state index contributed by atoms with van der Waals surface area (Å²) < 4.78 is 13.3. The minimum Gasteiger partial charge on any atom is -0.349 e. The van der Waals surface area contributed by atoms with E-state index >= 15 is 0 Å². The molecular weight excluding hydrogens is 372 g/mol. The molecule has 5 fully saturated rings. The molecule has 0 aromatic carbocycles. The van der Waals surface area contributed by atoms with Crippen LogP contribution >= 0.6 is 0 Å². The third-order valence-corrected chi connectivity index (χ3v) is 11.2. The molecule has 0 bridgehead atoms. The fraction of sp³-hybridized carbons (Fsp3) is 0.889. The Labute approximate surface area is 182 Å². The molecule has 0 aromatic rings. The average molecular weight is 413 g/mol. The summed E-state index contributed by atoms with van der Waals surface area (Å²) in [7, 11) is 0. The van der Waals surface area contributed by atoms with Crippen LogP contribution in [0.5, 0.6) is 0 Å². The molecule has 2 saturated heterocycles. The third kappa shape index (κ3) is 2.48. The Balaban J connectivity index is 1.29. The van der Waals surface area contributed by atoms with Gasteiger partial charge in [0, 0.05) is 25.2 Å². The van der Waals surface area contributed by atoms with Crippen LogP contribution in [0, 0.1) is 46.3 Å². The summed E-state index contributed by atoms with van der Waals surface area (Å²) in [5.74, 6) is 4.26. The molecule has 3 nitrogen and oxygen atoms in total. The largest absolute Gasteiger partial charge is 0.349 e.